The number of benzene rings is 2. The van der Waals surface area contributed by atoms with Gasteiger partial charge in [-0.25, -0.2) is 0 Å². The van der Waals surface area contributed by atoms with Gasteiger partial charge in [0.25, 0.3) is 0 Å². The standard InChI is InChI=1S/C26H29NO3/c1-18(15-26(28)27-14-8-11-19-9-4-3-5-10-19)21-16-22-20-12-6-7-13-23(20)30-25(22)17-24(21)29-2/h3-5,9-10,15-17H,6-8,11-14H2,1-2H3,(H,27,28)/b18-15+. The van der Waals surface area contributed by atoms with E-state index in [9.17, 15) is 4.79 Å². The van der Waals surface area contributed by atoms with Gasteiger partial charge in [0.05, 0.1) is 7.11 Å². The molecule has 2 aromatic carbocycles. The molecular weight excluding hydrogens is 374 g/mol. The Morgan fingerprint density at radius 1 is 1.17 bits per heavy atom. The van der Waals surface area contributed by atoms with Gasteiger partial charge in [0.2, 0.25) is 5.91 Å². The van der Waals surface area contributed by atoms with Gasteiger partial charge >= 0.3 is 0 Å². The fraction of sp³-hybridized carbons (Fsp3) is 0.346. The van der Waals surface area contributed by atoms with Crippen LogP contribution in [0, 0.1) is 0 Å². The van der Waals surface area contributed by atoms with Crippen molar-refractivity contribution in [3.63, 3.8) is 0 Å². The van der Waals surface area contributed by atoms with Gasteiger partial charge in [-0.3, -0.25) is 4.79 Å². The SMILES string of the molecule is COc1cc2oc3c(c2cc1/C(C)=C/C(=O)NCCCc1ccccc1)CCCC3. The summed E-state index contributed by atoms with van der Waals surface area (Å²) in [5, 5.41) is 4.15. The highest BCUT2D eigenvalue weighted by molar-refractivity contribution is 5.97. The topological polar surface area (TPSA) is 51.5 Å². The summed E-state index contributed by atoms with van der Waals surface area (Å²) in [7, 11) is 1.66. The molecule has 1 aromatic heterocycles. The van der Waals surface area contributed by atoms with Crippen molar-refractivity contribution < 1.29 is 13.9 Å². The van der Waals surface area contributed by atoms with Crippen LogP contribution >= 0.6 is 0 Å². The molecule has 0 bridgehead atoms. The maximum atomic E-state index is 12.4. The van der Waals surface area contributed by atoms with E-state index in [0.717, 1.165) is 59.3 Å². The third kappa shape index (κ3) is 4.43. The third-order valence-corrected chi connectivity index (χ3v) is 5.83. The molecule has 1 amide bonds. The first-order valence-electron chi connectivity index (χ1n) is 10.8. The summed E-state index contributed by atoms with van der Waals surface area (Å²) in [5.74, 6) is 1.77. The first kappa shape index (κ1) is 20.3. The van der Waals surface area contributed by atoms with Crippen molar-refractivity contribution in [2.24, 2.45) is 0 Å². The van der Waals surface area contributed by atoms with Crippen LogP contribution in [0.5, 0.6) is 5.75 Å². The number of carbonyl (C=O) groups excluding carboxylic acids is 1. The lowest BCUT2D eigenvalue weighted by atomic mass is 9.94. The van der Waals surface area contributed by atoms with Crippen LogP contribution in [0.15, 0.2) is 53.0 Å². The Kier molecular flexibility index (Phi) is 6.22. The van der Waals surface area contributed by atoms with Crippen LogP contribution in [0.25, 0.3) is 16.5 Å². The molecule has 3 aromatic rings. The van der Waals surface area contributed by atoms with E-state index in [2.05, 4.69) is 23.5 Å². The molecule has 0 radical (unpaired) electrons. The summed E-state index contributed by atoms with van der Waals surface area (Å²) in [5.41, 5.74) is 5.32. The predicted octanol–water partition coefficient (Wildman–Crippen LogP) is 5.47. The first-order chi connectivity index (χ1) is 14.7. The summed E-state index contributed by atoms with van der Waals surface area (Å²) in [4.78, 5) is 12.4. The maximum absolute atomic E-state index is 12.4. The summed E-state index contributed by atoms with van der Waals surface area (Å²) in [6.45, 7) is 2.61. The molecular formula is C26H29NO3. The number of ether oxygens (including phenoxy) is 1. The van der Waals surface area contributed by atoms with Crippen molar-refractivity contribution in [1.29, 1.82) is 0 Å². The zero-order valence-electron chi connectivity index (χ0n) is 17.8. The highest BCUT2D eigenvalue weighted by Gasteiger charge is 2.20. The van der Waals surface area contributed by atoms with Gasteiger partial charge < -0.3 is 14.5 Å². The van der Waals surface area contributed by atoms with Gasteiger partial charge in [0.1, 0.15) is 17.1 Å². The molecule has 1 N–H and O–H groups in total. The molecule has 0 unspecified atom stereocenters. The van der Waals surface area contributed by atoms with E-state index >= 15 is 0 Å². The number of amides is 1. The molecule has 0 spiro atoms. The molecule has 4 rings (SSSR count). The van der Waals surface area contributed by atoms with Crippen molar-refractivity contribution in [3.8, 4) is 5.75 Å². The molecule has 0 saturated carbocycles. The molecule has 0 aliphatic heterocycles. The minimum Gasteiger partial charge on any atom is -0.496 e. The van der Waals surface area contributed by atoms with E-state index in [1.54, 1.807) is 13.2 Å². The van der Waals surface area contributed by atoms with Crippen LogP contribution in [-0.2, 0) is 24.1 Å². The number of furan rings is 1. The minimum atomic E-state index is -0.0723. The quantitative estimate of drug-likeness (QED) is 0.420. The number of methoxy groups -OCH3 is 1. The Bertz CT molecular complexity index is 1060. The average molecular weight is 404 g/mol. The lowest BCUT2D eigenvalue weighted by Gasteiger charge is -2.11. The smallest absolute Gasteiger partial charge is 0.244 e. The van der Waals surface area contributed by atoms with E-state index < -0.39 is 0 Å². The molecule has 1 heterocycles. The zero-order chi connectivity index (χ0) is 20.9. The fourth-order valence-corrected chi connectivity index (χ4v) is 4.24. The lowest BCUT2D eigenvalue weighted by molar-refractivity contribution is -0.116. The Labute approximate surface area is 177 Å². The summed E-state index contributed by atoms with van der Waals surface area (Å²) < 4.78 is 11.7. The molecule has 4 heteroatoms. The number of nitrogens with one attached hydrogen (secondary N) is 1. The first-order valence-corrected chi connectivity index (χ1v) is 10.8. The molecule has 1 aliphatic carbocycles. The summed E-state index contributed by atoms with van der Waals surface area (Å²) >= 11 is 0. The van der Waals surface area contributed by atoms with E-state index in [-0.39, 0.29) is 5.91 Å². The van der Waals surface area contributed by atoms with E-state index in [1.165, 1.54) is 24.0 Å². The number of allylic oxidation sites excluding steroid dienone is 1. The largest absolute Gasteiger partial charge is 0.496 e. The van der Waals surface area contributed by atoms with Crippen molar-refractivity contribution in [3.05, 3.63) is 71.0 Å². The van der Waals surface area contributed by atoms with E-state index in [0.29, 0.717) is 6.54 Å². The van der Waals surface area contributed by atoms with Crippen LogP contribution in [0.2, 0.25) is 0 Å². The van der Waals surface area contributed by atoms with Gasteiger partial charge in [-0.2, -0.15) is 0 Å². The van der Waals surface area contributed by atoms with E-state index in [4.69, 9.17) is 9.15 Å². The van der Waals surface area contributed by atoms with Gasteiger partial charge in [-0.1, -0.05) is 30.3 Å². The second kappa shape index (κ2) is 9.21. The maximum Gasteiger partial charge on any atom is 0.244 e. The molecule has 1 aliphatic rings. The van der Waals surface area contributed by atoms with Crippen molar-refractivity contribution in [2.75, 3.05) is 13.7 Å². The van der Waals surface area contributed by atoms with E-state index in [1.807, 2.05) is 31.2 Å². The molecule has 156 valence electrons. The van der Waals surface area contributed by atoms with Gasteiger partial charge in [0, 0.05) is 41.6 Å². The van der Waals surface area contributed by atoms with Crippen LogP contribution in [0.3, 0.4) is 0 Å². The van der Waals surface area contributed by atoms with Gasteiger partial charge in [0.15, 0.2) is 0 Å². The van der Waals surface area contributed by atoms with Crippen molar-refractivity contribution in [2.45, 2.75) is 45.4 Å². The number of rotatable bonds is 7. The number of hydrogen-bond donors (Lipinski definition) is 1. The number of aryl methyl sites for hydroxylation is 3. The van der Waals surface area contributed by atoms with Crippen LogP contribution in [0.4, 0.5) is 0 Å². The molecule has 30 heavy (non-hydrogen) atoms. The Hall–Kier alpha value is -3.01. The minimum absolute atomic E-state index is 0.0723. The Morgan fingerprint density at radius 3 is 2.77 bits per heavy atom. The highest BCUT2D eigenvalue weighted by atomic mass is 16.5. The average Bonchev–Trinajstić information content (AvgIpc) is 3.14. The number of fused-ring (bicyclic) bond motifs is 3. The molecule has 0 fully saturated rings. The monoisotopic (exact) mass is 403 g/mol. The van der Waals surface area contributed by atoms with Crippen LogP contribution in [-0.4, -0.2) is 19.6 Å². The second-order valence-corrected chi connectivity index (χ2v) is 7.97. The predicted molar refractivity (Wildman–Crippen MR) is 121 cm³/mol. The van der Waals surface area contributed by atoms with Crippen molar-refractivity contribution in [1.82, 2.24) is 5.32 Å². The molecule has 4 nitrogen and oxygen atoms in total. The van der Waals surface area contributed by atoms with Crippen LogP contribution < -0.4 is 10.1 Å². The highest BCUT2D eigenvalue weighted by Crippen LogP contribution is 2.37. The fourth-order valence-electron chi connectivity index (χ4n) is 4.24. The normalized spacial score (nSPS) is 13.9. The Balaban J connectivity index is 1.46. The van der Waals surface area contributed by atoms with Gasteiger partial charge in [-0.05, 0) is 56.2 Å². The third-order valence-electron chi connectivity index (χ3n) is 5.83. The number of carbonyl (C=O) groups is 1. The molecule has 0 saturated heterocycles. The van der Waals surface area contributed by atoms with Crippen molar-refractivity contribution >= 4 is 22.4 Å². The lowest BCUT2D eigenvalue weighted by Crippen LogP contribution is -2.22. The molecule has 0 atom stereocenters. The Morgan fingerprint density at radius 2 is 1.97 bits per heavy atom. The summed E-state index contributed by atoms with van der Waals surface area (Å²) in [6, 6.07) is 14.4. The number of hydrogen-bond acceptors (Lipinski definition) is 3. The summed E-state index contributed by atoms with van der Waals surface area (Å²) in [6.07, 6.45) is 7.97. The zero-order valence-corrected chi connectivity index (χ0v) is 17.8. The van der Waals surface area contributed by atoms with Gasteiger partial charge in [-0.15, -0.1) is 0 Å². The second-order valence-electron chi connectivity index (χ2n) is 7.97. The van der Waals surface area contributed by atoms with Crippen LogP contribution in [0.1, 0.15) is 48.6 Å².